The maximum atomic E-state index is 13.5. The van der Waals surface area contributed by atoms with Gasteiger partial charge in [-0.25, -0.2) is 4.98 Å². The number of fused-ring (bicyclic) bond motifs is 1. The van der Waals surface area contributed by atoms with Gasteiger partial charge in [-0.05, 0) is 61.4 Å². The Hall–Kier alpha value is -4.31. The number of benzene rings is 2. The number of thiazole rings is 1. The van der Waals surface area contributed by atoms with Gasteiger partial charge in [-0.3, -0.25) is 14.5 Å². The molecule has 1 aliphatic heterocycles. The molecule has 4 aromatic rings. The first-order valence-corrected chi connectivity index (χ1v) is 13.0. The van der Waals surface area contributed by atoms with E-state index in [1.165, 1.54) is 28.6 Å². The van der Waals surface area contributed by atoms with Gasteiger partial charge < -0.3 is 23.7 Å². The van der Waals surface area contributed by atoms with Crippen molar-refractivity contribution in [3.8, 4) is 17.2 Å². The van der Waals surface area contributed by atoms with Gasteiger partial charge in [-0.2, -0.15) is 0 Å². The number of aromatic nitrogens is 1. The number of hydrogen-bond acceptors (Lipinski definition) is 9. The van der Waals surface area contributed by atoms with E-state index in [9.17, 15) is 14.7 Å². The summed E-state index contributed by atoms with van der Waals surface area (Å²) in [6.45, 7) is 4.75. The van der Waals surface area contributed by atoms with Gasteiger partial charge >= 0.3 is 0 Å². The van der Waals surface area contributed by atoms with E-state index in [0.717, 1.165) is 11.1 Å². The number of aliphatic hydroxyl groups is 1. The lowest BCUT2D eigenvalue weighted by Gasteiger charge is -2.25. The van der Waals surface area contributed by atoms with Crippen LogP contribution in [0.2, 0.25) is 0 Å². The number of aliphatic hydroxyl groups excluding tert-OH is 1. The standard InChI is InChI=1S/C28H26N2O7S/c1-4-12-36-19-11-8-16(14-21(19)35-5-2)24-23(25(31)20-7-6-13-37-20)26(32)27(33)30(24)28-29-18-10-9-17(34-3)15-22(18)38-28/h6-11,13-15,24,32H,4-5,12H2,1-3H3. The fourth-order valence-electron chi connectivity index (χ4n) is 4.31. The SMILES string of the molecule is CCCOc1ccc(C2C(C(=O)c3ccco3)=C(O)C(=O)N2c2nc3ccc(OC)cc3s2)cc1OCC. The maximum absolute atomic E-state index is 13.5. The monoisotopic (exact) mass is 534 g/mol. The number of ketones is 1. The number of hydrogen-bond donors (Lipinski definition) is 1. The van der Waals surface area contributed by atoms with Gasteiger partial charge in [0.15, 0.2) is 28.1 Å². The second kappa shape index (κ2) is 10.6. The molecule has 0 fully saturated rings. The average molecular weight is 535 g/mol. The Morgan fingerprint density at radius 1 is 1.13 bits per heavy atom. The lowest BCUT2D eigenvalue weighted by molar-refractivity contribution is -0.117. The fourth-order valence-corrected chi connectivity index (χ4v) is 5.33. The van der Waals surface area contributed by atoms with E-state index in [1.807, 2.05) is 19.9 Å². The molecule has 1 atom stereocenters. The summed E-state index contributed by atoms with van der Waals surface area (Å²) in [5.41, 5.74) is 1.09. The highest BCUT2D eigenvalue weighted by molar-refractivity contribution is 7.22. The van der Waals surface area contributed by atoms with Crippen LogP contribution in [0, 0.1) is 0 Å². The number of amides is 1. The number of methoxy groups -OCH3 is 1. The third-order valence-corrected chi connectivity index (χ3v) is 7.05. The molecule has 3 heterocycles. The summed E-state index contributed by atoms with van der Waals surface area (Å²) < 4.78 is 23.1. The normalized spacial score (nSPS) is 15.4. The molecule has 1 aliphatic rings. The zero-order valence-electron chi connectivity index (χ0n) is 21.1. The predicted octanol–water partition coefficient (Wildman–Crippen LogP) is 5.87. The molecule has 2 aromatic carbocycles. The summed E-state index contributed by atoms with van der Waals surface area (Å²) in [6, 6.07) is 12.7. The van der Waals surface area contributed by atoms with Gasteiger partial charge in [0, 0.05) is 0 Å². The van der Waals surface area contributed by atoms with Crippen molar-refractivity contribution >= 4 is 38.4 Å². The molecule has 1 unspecified atom stereocenters. The zero-order valence-corrected chi connectivity index (χ0v) is 21.9. The molecule has 0 radical (unpaired) electrons. The minimum absolute atomic E-state index is 0.00756. The Morgan fingerprint density at radius 3 is 2.68 bits per heavy atom. The first-order chi connectivity index (χ1) is 18.5. The lowest BCUT2D eigenvalue weighted by Crippen LogP contribution is -2.31. The Bertz CT molecular complexity index is 1520. The van der Waals surface area contributed by atoms with Gasteiger partial charge in [0.25, 0.3) is 5.91 Å². The zero-order chi connectivity index (χ0) is 26.8. The Kier molecular flexibility index (Phi) is 7.06. The number of anilines is 1. The van der Waals surface area contributed by atoms with Crippen molar-refractivity contribution < 1.29 is 33.3 Å². The first-order valence-electron chi connectivity index (χ1n) is 12.2. The van der Waals surface area contributed by atoms with E-state index in [-0.39, 0.29) is 11.3 Å². The van der Waals surface area contributed by atoms with Crippen molar-refractivity contribution in [3.63, 3.8) is 0 Å². The van der Waals surface area contributed by atoms with Crippen LogP contribution >= 0.6 is 11.3 Å². The molecule has 0 spiro atoms. The number of ether oxygens (including phenoxy) is 3. The number of carbonyl (C=O) groups excluding carboxylic acids is 2. The molecule has 0 bridgehead atoms. The summed E-state index contributed by atoms with van der Waals surface area (Å²) >= 11 is 1.25. The van der Waals surface area contributed by atoms with Crippen LogP contribution in [-0.2, 0) is 4.79 Å². The van der Waals surface area contributed by atoms with E-state index in [4.69, 9.17) is 18.6 Å². The van der Waals surface area contributed by atoms with Crippen molar-refractivity contribution in [1.29, 1.82) is 0 Å². The Balaban J connectivity index is 1.66. The minimum atomic E-state index is -0.984. The highest BCUT2D eigenvalue weighted by Crippen LogP contribution is 2.46. The number of Topliss-reactive ketones (excluding diaryl/α,β-unsaturated/α-hetero) is 1. The van der Waals surface area contributed by atoms with E-state index in [2.05, 4.69) is 4.98 Å². The smallest absolute Gasteiger partial charge is 0.296 e. The maximum Gasteiger partial charge on any atom is 0.296 e. The van der Waals surface area contributed by atoms with Gasteiger partial charge in [0.1, 0.15) is 5.75 Å². The third kappa shape index (κ3) is 4.47. The Labute approximate surface area is 222 Å². The van der Waals surface area contributed by atoms with Crippen LogP contribution in [0.15, 0.2) is 70.5 Å². The molecule has 9 nitrogen and oxygen atoms in total. The molecule has 38 heavy (non-hydrogen) atoms. The summed E-state index contributed by atoms with van der Waals surface area (Å²) in [7, 11) is 1.57. The highest BCUT2D eigenvalue weighted by atomic mass is 32.1. The molecule has 196 valence electrons. The van der Waals surface area contributed by atoms with Crippen LogP contribution in [0.4, 0.5) is 5.13 Å². The van der Waals surface area contributed by atoms with Crippen LogP contribution in [0.5, 0.6) is 17.2 Å². The fraction of sp³-hybridized carbons (Fsp3) is 0.250. The van der Waals surface area contributed by atoms with Crippen LogP contribution in [0.1, 0.15) is 42.4 Å². The highest BCUT2D eigenvalue weighted by Gasteiger charge is 2.46. The van der Waals surface area contributed by atoms with Crippen LogP contribution in [-0.4, -0.2) is 42.1 Å². The summed E-state index contributed by atoms with van der Waals surface area (Å²) in [5.74, 6) is -0.314. The molecule has 5 rings (SSSR count). The summed E-state index contributed by atoms with van der Waals surface area (Å²) in [5, 5.41) is 11.3. The number of nitrogens with zero attached hydrogens (tertiary/aromatic N) is 2. The van der Waals surface area contributed by atoms with Gasteiger partial charge in [0.2, 0.25) is 5.78 Å². The summed E-state index contributed by atoms with van der Waals surface area (Å²) in [4.78, 5) is 33.0. The van der Waals surface area contributed by atoms with E-state index in [0.29, 0.717) is 46.7 Å². The number of furan rings is 1. The molecule has 10 heteroatoms. The Morgan fingerprint density at radius 2 is 1.97 bits per heavy atom. The topological polar surface area (TPSA) is 111 Å². The van der Waals surface area contributed by atoms with Crippen molar-refractivity contribution in [3.05, 3.63) is 77.5 Å². The van der Waals surface area contributed by atoms with E-state index >= 15 is 0 Å². The van der Waals surface area contributed by atoms with Crippen molar-refractivity contribution in [2.75, 3.05) is 25.2 Å². The van der Waals surface area contributed by atoms with Crippen LogP contribution < -0.4 is 19.1 Å². The number of carbonyl (C=O) groups is 2. The second-order valence-electron chi connectivity index (χ2n) is 8.46. The average Bonchev–Trinajstić information content (AvgIpc) is 3.66. The van der Waals surface area contributed by atoms with Crippen molar-refractivity contribution in [1.82, 2.24) is 4.98 Å². The molecular weight excluding hydrogens is 508 g/mol. The first kappa shape index (κ1) is 25.3. The van der Waals surface area contributed by atoms with Gasteiger partial charge in [-0.15, -0.1) is 0 Å². The molecule has 1 N–H and O–H groups in total. The minimum Gasteiger partial charge on any atom is -0.503 e. The molecule has 0 saturated carbocycles. The molecule has 2 aromatic heterocycles. The lowest BCUT2D eigenvalue weighted by atomic mass is 9.95. The molecular formula is C28H26N2O7S. The number of rotatable bonds is 10. The van der Waals surface area contributed by atoms with Crippen molar-refractivity contribution in [2.24, 2.45) is 0 Å². The van der Waals surface area contributed by atoms with Gasteiger partial charge in [0.05, 0.1) is 48.4 Å². The van der Waals surface area contributed by atoms with Crippen molar-refractivity contribution in [2.45, 2.75) is 26.3 Å². The second-order valence-corrected chi connectivity index (χ2v) is 9.47. The van der Waals surface area contributed by atoms with E-state index < -0.39 is 23.5 Å². The van der Waals surface area contributed by atoms with Crippen LogP contribution in [0.25, 0.3) is 10.2 Å². The third-order valence-electron chi connectivity index (χ3n) is 6.03. The molecule has 0 saturated heterocycles. The van der Waals surface area contributed by atoms with Crippen LogP contribution in [0.3, 0.4) is 0 Å². The molecule has 1 amide bonds. The molecule has 0 aliphatic carbocycles. The quantitative estimate of drug-likeness (QED) is 0.252. The van der Waals surface area contributed by atoms with E-state index in [1.54, 1.807) is 43.5 Å². The van der Waals surface area contributed by atoms with Gasteiger partial charge in [-0.1, -0.05) is 24.3 Å². The predicted molar refractivity (Wildman–Crippen MR) is 142 cm³/mol. The summed E-state index contributed by atoms with van der Waals surface area (Å²) in [6.07, 6.45) is 2.18. The largest absolute Gasteiger partial charge is 0.503 e.